The van der Waals surface area contributed by atoms with Crippen LogP contribution in [0.3, 0.4) is 0 Å². The van der Waals surface area contributed by atoms with Crippen LogP contribution in [0.2, 0.25) is 0 Å². The normalized spacial score (nSPS) is 13.6. The second kappa shape index (κ2) is 20.4. The fourth-order valence-corrected chi connectivity index (χ4v) is 16.2. The van der Waals surface area contributed by atoms with Crippen LogP contribution in [-0.4, -0.2) is 29.3 Å². The summed E-state index contributed by atoms with van der Waals surface area (Å²) in [5.41, 5.74) is 0. The summed E-state index contributed by atoms with van der Waals surface area (Å²) in [4.78, 5) is 0. The Bertz CT molecular complexity index is 1990. The fraction of sp³-hybridized carbons (Fsp3) is 0. The van der Waals surface area contributed by atoms with E-state index in [9.17, 15) is 10.0 Å². The molecule has 2 aliphatic rings. The highest BCUT2D eigenvalue weighted by molar-refractivity contribution is 8.02. The minimum absolute atomic E-state index is 1.27. The molecule has 2 bridgehead atoms. The van der Waals surface area contributed by atoms with Gasteiger partial charge in [0.25, 0.3) is 0 Å². The van der Waals surface area contributed by atoms with Gasteiger partial charge in [0.2, 0.25) is 0 Å². The van der Waals surface area contributed by atoms with Crippen LogP contribution in [0.4, 0.5) is 0 Å². The van der Waals surface area contributed by atoms with E-state index in [0.29, 0.717) is 0 Å². The summed E-state index contributed by atoms with van der Waals surface area (Å²) < 4.78 is 21.9. The van der Waals surface area contributed by atoms with Gasteiger partial charge in [0.1, 0.15) is 57.0 Å². The fourth-order valence-electron chi connectivity index (χ4n) is 7.71. The highest BCUT2D eigenvalue weighted by Crippen LogP contribution is 2.55. The maximum atomic E-state index is 10.5. The molecular formula is C48H40B4O7P2. The predicted octanol–water partition coefficient (Wildman–Crippen LogP) is 4.37. The zero-order chi connectivity index (χ0) is 41.7. The third kappa shape index (κ3) is 9.43. The van der Waals surface area contributed by atoms with Crippen molar-refractivity contribution in [3.8, 4) is 0 Å². The topological polar surface area (TPSA) is 92.3 Å². The Morgan fingerprint density at radius 1 is 0.230 bits per heavy atom. The zero-order valence-electron chi connectivity index (χ0n) is 33.2. The maximum Gasteiger partial charge on any atom is 0.597 e. The van der Waals surface area contributed by atoms with E-state index in [1.165, 1.54) is 42.4 Å². The van der Waals surface area contributed by atoms with Crippen LogP contribution in [0, 0.1) is 0 Å². The van der Waals surface area contributed by atoms with E-state index in [4.69, 9.17) is 0 Å². The molecule has 0 saturated carbocycles. The Labute approximate surface area is 360 Å². The second-order valence-corrected chi connectivity index (χ2v) is 20.7. The van der Waals surface area contributed by atoms with Gasteiger partial charge in [-0.15, -0.1) is 0 Å². The minimum atomic E-state index is -1.91. The van der Waals surface area contributed by atoms with Crippen molar-refractivity contribution < 1.29 is 32.9 Å². The molecule has 0 atom stereocenters. The zero-order valence-corrected chi connectivity index (χ0v) is 34.9. The molecule has 0 aromatic heterocycles. The summed E-state index contributed by atoms with van der Waals surface area (Å²) in [6.45, 7) is 0. The van der Waals surface area contributed by atoms with E-state index < -0.39 is 43.8 Å². The number of hydrogen-bond donors (Lipinski definition) is 0. The summed E-state index contributed by atoms with van der Waals surface area (Å²) in [6, 6.07) is 87.7. The standard InChI is InChI=1S/2C24H20P.B4O7/c2*1-5-13-21(14-6-1)25(22-15-7-2-8-16-22,23-17-9-3-10-18-23)24-19-11-4-12-20-24;5-1-7-3-9-2(6)10-4(8-1)11-3/h2*1-20H;/q2*+1;-2. The first kappa shape index (κ1) is 42.3. The van der Waals surface area contributed by atoms with Gasteiger partial charge in [-0.05, 0) is 97.1 Å². The molecule has 0 N–H and O–H groups in total. The van der Waals surface area contributed by atoms with Crippen molar-refractivity contribution in [1.29, 1.82) is 0 Å². The van der Waals surface area contributed by atoms with Gasteiger partial charge >= 0.3 is 29.3 Å². The summed E-state index contributed by atoms with van der Waals surface area (Å²) in [7, 11) is -9.81. The predicted molar refractivity (Wildman–Crippen MR) is 251 cm³/mol. The Hall–Kier alpha value is -5.40. The monoisotopic (exact) mass is 834 g/mol. The molecular weight excluding hydrogens is 794 g/mol. The van der Waals surface area contributed by atoms with Gasteiger partial charge in [-0.2, -0.15) is 0 Å². The van der Waals surface area contributed by atoms with Gasteiger partial charge in [-0.25, -0.2) is 0 Å². The van der Waals surface area contributed by atoms with Gasteiger partial charge in [-0.3, -0.25) is 0 Å². The van der Waals surface area contributed by atoms with E-state index in [1.807, 2.05) is 0 Å². The molecule has 0 aliphatic carbocycles. The Kier molecular flexibility index (Phi) is 14.2. The number of benzene rings is 8. The number of hydrogen-bond acceptors (Lipinski definition) is 7. The molecule has 8 aromatic rings. The van der Waals surface area contributed by atoms with E-state index in [2.05, 4.69) is 266 Å². The van der Waals surface area contributed by atoms with Crippen molar-refractivity contribution in [2.24, 2.45) is 0 Å². The molecule has 296 valence electrons. The lowest BCUT2D eigenvalue weighted by molar-refractivity contribution is -0.260. The van der Waals surface area contributed by atoms with Crippen LogP contribution in [-0.2, 0) is 22.9 Å². The van der Waals surface area contributed by atoms with Crippen molar-refractivity contribution in [3.05, 3.63) is 243 Å². The van der Waals surface area contributed by atoms with Crippen LogP contribution in [0.15, 0.2) is 243 Å². The molecule has 2 saturated heterocycles. The Balaban J connectivity index is 0.000000136. The molecule has 7 nitrogen and oxygen atoms in total. The molecule has 0 spiro atoms. The second-order valence-electron chi connectivity index (χ2n) is 13.9. The van der Waals surface area contributed by atoms with Crippen molar-refractivity contribution in [2.75, 3.05) is 0 Å². The molecule has 10 rings (SSSR count). The molecule has 2 heterocycles. The van der Waals surface area contributed by atoms with Gasteiger partial charge in [0.05, 0.1) is 0 Å². The first-order valence-electron chi connectivity index (χ1n) is 19.9. The average molecular weight is 834 g/mol. The van der Waals surface area contributed by atoms with Crippen molar-refractivity contribution >= 4 is 86.2 Å². The first-order chi connectivity index (χ1) is 30.1. The number of rotatable bonds is 8. The van der Waals surface area contributed by atoms with Gasteiger partial charge < -0.3 is 32.9 Å². The van der Waals surface area contributed by atoms with Crippen LogP contribution in [0.1, 0.15) is 0 Å². The van der Waals surface area contributed by atoms with Gasteiger partial charge in [0.15, 0.2) is 0 Å². The summed E-state index contributed by atoms with van der Waals surface area (Å²) in [6.07, 6.45) is 0. The molecule has 2 fully saturated rings. The largest absolute Gasteiger partial charge is 0.833 e. The number of fused-ring (bicyclic) bond motifs is 2. The lowest BCUT2D eigenvalue weighted by Gasteiger charge is -2.40. The quantitative estimate of drug-likeness (QED) is 0.166. The van der Waals surface area contributed by atoms with Crippen molar-refractivity contribution in [2.45, 2.75) is 0 Å². The third-order valence-corrected chi connectivity index (χ3v) is 18.8. The van der Waals surface area contributed by atoms with Crippen LogP contribution in [0.5, 0.6) is 0 Å². The highest BCUT2D eigenvalue weighted by Gasteiger charge is 2.49. The van der Waals surface area contributed by atoms with Crippen molar-refractivity contribution in [1.82, 2.24) is 0 Å². The average Bonchev–Trinajstić information content (AvgIpc) is 3.32. The lowest BCUT2D eigenvalue weighted by atomic mass is 9.90. The smallest absolute Gasteiger partial charge is 0.597 e. The summed E-state index contributed by atoms with van der Waals surface area (Å²) >= 11 is 0. The molecule has 0 radical (unpaired) electrons. The Morgan fingerprint density at radius 3 is 0.525 bits per heavy atom. The van der Waals surface area contributed by atoms with Crippen LogP contribution < -0.4 is 52.5 Å². The summed E-state index contributed by atoms with van der Waals surface area (Å²) in [5.74, 6) is 0. The Morgan fingerprint density at radius 2 is 0.377 bits per heavy atom. The van der Waals surface area contributed by atoms with E-state index in [-0.39, 0.29) is 0 Å². The summed E-state index contributed by atoms with van der Waals surface area (Å²) in [5, 5.41) is 32.1. The first-order valence-corrected chi connectivity index (χ1v) is 23.5. The van der Waals surface area contributed by atoms with Crippen LogP contribution in [0.25, 0.3) is 0 Å². The molecule has 0 unspecified atom stereocenters. The highest BCUT2D eigenvalue weighted by atomic mass is 31.2. The SMILES string of the molecule is [O-]B1OB2OB([O-])OB(O1)O2.c1ccc([P+](c2ccccc2)(c2ccccc2)c2ccccc2)cc1.c1ccc([P+](c2ccccc2)(c2ccccc2)c2ccccc2)cc1. The van der Waals surface area contributed by atoms with Crippen LogP contribution >= 0.6 is 14.5 Å². The molecule has 0 amide bonds. The van der Waals surface area contributed by atoms with E-state index >= 15 is 0 Å². The van der Waals surface area contributed by atoms with Gasteiger partial charge in [-0.1, -0.05) is 146 Å². The van der Waals surface area contributed by atoms with Crippen molar-refractivity contribution in [3.63, 3.8) is 0 Å². The molecule has 8 aromatic carbocycles. The van der Waals surface area contributed by atoms with E-state index in [1.54, 1.807) is 0 Å². The van der Waals surface area contributed by atoms with Gasteiger partial charge in [0, 0.05) is 0 Å². The maximum absolute atomic E-state index is 10.5. The molecule has 13 heteroatoms. The minimum Gasteiger partial charge on any atom is -0.833 e. The molecule has 61 heavy (non-hydrogen) atoms. The van der Waals surface area contributed by atoms with E-state index in [0.717, 1.165) is 0 Å². The third-order valence-electron chi connectivity index (χ3n) is 10.3. The molecule has 2 aliphatic heterocycles. The lowest BCUT2D eigenvalue weighted by Crippen LogP contribution is -2.65.